The van der Waals surface area contributed by atoms with Gasteiger partial charge in [-0.25, -0.2) is 0 Å². The fourth-order valence-electron chi connectivity index (χ4n) is 1.16. The van der Waals surface area contributed by atoms with Crippen LogP contribution in [0.5, 0.6) is 5.75 Å². The molecule has 0 radical (unpaired) electrons. The minimum atomic E-state index is 0.901. The highest BCUT2D eigenvalue weighted by atomic mass is 127. The van der Waals surface area contributed by atoms with Gasteiger partial charge in [0.2, 0.25) is 0 Å². The maximum atomic E-state index is 5.19. The summed E-state index contributed by atoms with van der Waals surface area (Å²) in [4.78, 5) is 0. The third kappa shape index (κ3) is 1.85. The molecule has 2 rings (SSSR count). The van der Waals surface area contributed by atoms with Gasteiger partial charge in [-0.15, -0.1) is 11.3 Å². The Labute approximate surface area is 102 Å². The molecule has 0 aliphatic heterocycles. The highest BCUT2D eigenvalue weighted by Gasteiger charge is 2.05. The number of rotatable bonds is 1. The van der Waals surface area contributed by atoms with Crippen LogP contribution >= 0.6 is 49.9 Å². The molecule has 0 bridgehead atoms. The average Bonchev–Trinajstić information content (AvgIpc) is 2.46. The van der Waals surface area contributed by atoms with Gasteiger partial charge in [-0.05, 0) is 56.7 Å². The molecular formula is C9H6BrIOS. The van der Waals surface area contributed by atoms with Crippen LogP contribution in [0.4, 0.5) is 0 Å². The Bertz CT molecular complexity index is 452. The number of halogens is 2. The van der Waals surface area contributed by atoms with Gasteiger partial charge < -0.3 is 4.74 Å². The van der Waals surface area contributed by atoms with Crippen LogP contribution in [0.25, 0.3) is 10.1 Å². The van der Waals surface area contributed by atoms with Crippen molar-refractivity contribution >= 4 is 59.9 Å². The van der Waals surface area contributed by atoms with Gasteiger partial charge in [0.05, 0.1) is 9.99 Å². The predicted molar refractivity (Wildman–Crippen MR) is 68.8 cm³/mol. The van der Waals surface area contributed by atoms with Crippen molar-refractivity contribution in [1.29, 1.82) is 0 Å². The van der Waals surface area contributed by atoms with Gasteiger partial charge >= 0.3 is 0 Å². The molecule has 0 aliphatic rings. The van der Waals surface area contributed by atoms with E-state index < -0.39 is 0 Å². The van der Waals surface area contributed by atoms with Gasteiger partial charge in [0.1, 0.15) is 5.75 Å². The summed E-state index contributed by atoms with van der Waals surface area (Å²) in [5.74, 6) is 0.901. The topological polar surface area (TPSA) is 9.23 Å². The van der Waals surface area contributed by atoms with Gasteiger partial charge in [-0.3, -0.25) is 0 Å². The minimum Gasteiger partial charge on any atom is -0.497 e. The lowest BCUT2D eigenvalue weighted by Gasteiger charge is -2.00. The van der Waals surface area contributed by atoms with E-state index in [1.165, 1.54) is 13.0 Å². The van der Waals surface area contributed by atoms with Crippen LogP contribution < -0.4 is 4.74 Å². The monoisotopic (exact) mass is 368 g/mol. The lowest BCUT2D eigenvalue weighted by molar-refractivity contribution is 0.415. The zero-order valence-corrected chi connectivity index (χ0v) is 11.4. The Morgan fingerprint density at radius 1 is 1.38 bits per heavy atom. The highest BCUT2D eigenvalue weighted by Crippen LogP contribution is 2.35. The lowest BCUT2D eigenvalue weighted by atomic mass is 10.2. The molecule has 0 spiro atoms. The Morgan fingerprint density at radius 2 is 2.15 bits per heavy atom. The van der Waals surface area contributed by atoms with E-state index in [1.807, 2.05) is 6.07 Å². The van der Waals surface area contributed by atoms with Crippen molar-refractivity contribution in [1.82, 2.24) is 0 Å². The Morgan fingerprint density at radius 3 is 2.85 bits per heavy atom. The summed E-state index contributed by atoms with van der Waals surface area (Å²) in [5, 5.41) is 1.26. The SMILES string of the molecule is COc1cc(Br)c2cc(I)sc2c1. The third-order valence-corrected chi connectivity index (χ3v) is 4.26. The Hall–Kier alpha value is 0.190. The smallest absolute Gasteiger partial charge is 0.121 e. The average molecular weight is 369 g/mol. The third-order valence-electron chi connectivity index (χ3n) is 1.77. The van der Waals surface area contributed by atoms with E-state index in [2.05, 4.69) is 50.7 Å². The number of methoxy groups -OCH3 is 1. The van der Waals surface area contributed by atoms with E-state index in [0.717, 1.165) is 10.2 Å². The molecule has 0 aliphatic carbocycles. The van der Waals surface area contributed by atoms with Crippen LogP contribution in [-0.2, 0) is 0 Å². The molecule has 13 heavy (non-hydrogen) atoms. The molecule has 1 nitrogen and oxygen atoms in total. The molecule has 68 valence electrons. The van der Waals surface area contributed by atoms with E-state index in [0.29, 0.717) is 0 Å². The fraction of sp³-hybridized carbons (Fsp3) is 0.111. The van der Waals surface area contributed by atoms with E-state index in [9.17, 15) is 0 Å². The van der Waals surface area contributed by atoms with Crippen molar-refractivity contribution in [3.8, 4) is 5.75 Å². The van der Waals surface area contributed by atoms with Crippen LogP contribution in [0, 0.1) is 2.88 Å². The van der Waals surface area contributed by atoms with Gasteiger partial charge in [-0.2, -0.15) is 0 Å². The molecule has 1 aromatic heterocycles. The highest BCUT2D eigenvalue weighted by molar-refractivity contribution is 14.1. The summed E-state index contributed by atoms with van der Waals surface area (Å²) in [5.41, 5.74) is 0. The van der Waals surface area contributed by atoms with E-state index >= 15 is 0 Å². The number of hydrogen-bond acceptors (Lipinski definition) is 2. The molecule has 0 unspecified atom stereocenters. The molecule has 0 saturated carbocycles. The van der Waals surface area contributed by atoms with Crippen molar-refractivity contribution in [2.24, 2.45) is 0 Å². The molecule has 1 aromatic carbocycles. The number of thiophene rings is 1. The van der Waals surface area contributed by atoms with Crippen LogP contribution in [0.1, 0.15) is 0 Å². The molecule has 2 aromatic rings. The molecule has 0 atom stereocenters. The molecule has 0 N–H and O–H groups in total. The van der Waals surface area contributed by atoms with E-state index in [1.54, 1.807) is 18.4 Å². The van der Waals surface area contributed by atoms with Crippen molar-refractivity contribution in [3.63, 3.8) is 0 Å². The molecule has 0 saturated heterocycles. The summed E-state index contributed by atoms with van der Waals surface area (Å²) >= 11 is 7.63. The lowest BCUT2D eigenvalue weighted by Crippen LogP contribution is -1.81. The first-order valence-electron chi connectivity index (χ1n) is 3.63. The summed E-state index contributed by atoms with van der Waals surface area (Å²) in [6.45, 7) is 0. The quantitative estimate of drug-likeness (QED) is 0.683. The second-order valence-electron chi connectivity index (χ2n) is 2.57. The van der Waals surface area contributed by atoms with Crippen LogP contribution in [-0.4, -0.2) is 7.11 Å². The van der Waals surface area contributed by atoms with Crippen molar-refractivity contribution in [2.45, 2.75) is 0 Å². The minimum absolute atomic E-state index is 0.901. The first-order valence-corrected chi connectivity index (χ1v) is 6.32. The molecule has 0 amide bonds. The van der Waals surface area contributed by atoms with Crippen LogP contribution in [0.3, 0.4) is 0 Å². The maximum Gasteiger partial charge on any atom is 0.121 e. The van der Waals surface area contributed by atoms with Crippen molar-refractivity contribution < 1.29 is 4.74 Å². The number of ether oxygens (including phenoxy) is 1. The fourth-order valence-corrected chi connectivity index (χ4v) is 3.71. The van der Waals surface area contributed by atoms with Crippen LogP contribution in [0.15, 0.2) is 22.7 Å². The second kappa shape index (κ2) is 3.74. The van der Waals surface area contributed by atoms with Gasteiger partial charge in [0.15, 0.2) is 0 Å². The summed E-state index contributed by atoms with van der Waals surface area (Å²) < 4.78 is 8.84. The number of benzene rings is 1. The molecule has 0 fully saturated rings. The number of hydrogen-bond donors (Lipinski definition) is 0. The normalized spacial score (nSPS) is 10.7. The Balaban J connectivity index is 2.75. The zero-order valence-electron chi connectivity index (χ0n) is 6.80. The second-order valence-corrected chi connectivity index (χ2v) is 6.40. The zero-order chi connectivity index (χ0) is 9.42. The van der Waals surface area contributed by atoms with Crippen LogP contribution in [0.2, 0.25) is 0 Å². The first-order chi connectivity index (χ1) is 6.20. The van der Waals surface area contributed by atoms with Gasteiger partial charge in [0, 0.05) is 14.6 Å². The summed E-state index contributed by atoms with van der Waals surface area (Å²) in [6, 6.07) is 6.22. The van der Waals surface area contributed by atoms with Gasteiger partial charge in [-0.1, -0.05) is 0 Å². The largest absolute Gasteiger partial charge is 0.497 e. The maximum absolute atomic E-state index is 5.19. The molecular weight excluding hydrogens is 363 g/mol. The molecule has 4 heteroatoms. The predicted octanol–water partition coefficient (Wildman–Crippen LogP) is 4.28. The van der Waals surface area contributed by atoms with Crippen molar-refractivity contribution in [2.75, 3.05) is 7.11 Å². The summed E-state index contributed by atoms with van der Waals surface area (Å²) in [7, 11) is 1.69. The standard InChI is InChI=1S/C9H6BrIOS/c1-12-5-2-7(10)6-4-9(11)13-8(6)3-5/h2-4H,1H3. The number of fused-ring (bicyclic) bond motifs is 1. The Kier molecular flexibility index (Phi) is 2.80. The van der Waals surface area contributed by atoms with E-state index in [4.69, 9.17) is 4.74 Å². The van der Waals surface area contributed by atoms with Gasteiger partial charge in [0.25, 0.3) is 0 Å². The van der Waals surface area contributed by atoms with E-state index in [-0.39, 0.29) is 0 Å². The van der Waals surface area contributed by atoms with Crippen molar-refractivity contribution in [3.05, 3.63) is 25.6 Å². The molecule has 1 heterocycles. The summed E-state index contributed by atoms with van der Waals surface area (Å²) in [6.07, 6.45) is 0. The first kappa shape index (κ1) is 9.73.